The Hall–Kier alpha value is -2.28. The summed E-state index contributed by atoms with van der Waals surface area (Å²) in [7, 11) is 0. The average molecular weight is 366 g/mol. The molecule has 0 spiro atoms. The molecule has 1 saturated heterocycles. The molecule has 6 heteroatoms. The minimum Gasteiger partial charge on any atom is -0.379 e. The molecule has 0 saturated carbocycles. The highest BCUT2D eigenvalue weighted by Crippen LogP contribution is 2.31. The molecule has 0 unspecified atom stereocenters. The van der Waals surface area contributed by atoms with Gasteiger partial charge in [-0.2, -0.15) is 15.0 Å². The Morgan fingerprint density at radius 2 is 1.59 bits per heavy atom. The van der Waals surface area contributed by atoms with Gasteiger partial charge in [0.15, 0.2) is 6.23 Å². The summed E-state index contributed by atoms with van der Waals surface area (Å²) in [5.74, 6) is 0. The van der Waals surface area contributed by atoms with Gasteiger partial charge in [-0.05, 0) is 24.6 Å². The van der Waals surface area contributed by atoms with E-state index in [0.717, 1.165) is 43.8 Å². The predicted octanol–water partition coefficient (Wildman–Crippen LogP) is 3.43. The van der Waals surface area contributed by atoms with E-state index < -0.39 is 0 Å². The van der Waals surface area contributed by atoms with Crippen molar-refractivity contribution in [2.24, 2.45) is 0 Å². The van der Waals surface area contributed by atoms with Crippen molar-refractivity contribution in [1.29, 1.82) is 0 Å². The molecule has 3 aromatic rings. The van der Waals surface area contributed by atoms with Crippen molar-refractivity contribution in [2.45, 2.75) is 25.6 Å². The number of rotatable bonds is 7. The van der Waals surface area contributed by atoms with Crippen LogP contribution in [0.15, 0.2) is 54.6 Å². The zero-order valence-electron chi connectivity index (χ0n) is 15.7. The Morgan fingerprint density at radius 3 is 2.22 bits per heavy atom. The van der Waals surface area contributed by atoms with E-state index in [-0.39, 0.29) is 12.3 Å². The summed E-state index contributed by atoms with van der Waals surface area (Å²) in [4.78, 5) is 4.22. The van der Waals surface area contributed by atoms with Crippen LogP contribution in [0.1, 0.15) is 31.2 Å². The number of aromatic nitrogens is 3. The van der Waals surface area contributed by atoms with Crippen LogP contribution < -0.4 is 0 Å². The third-order valence-electron chi connectivity index (χ3n) is 5.01. The number of hydrogen-bond acceptors (Lipinski definition) is 5. The number of benzene rings is 2. The first-order chi connectivity index (χ1) is 13.3. The zero-order valence-corrected chi connectivity index (χ0v) is 15.7. The van der Waals surface area contributed by atoms with Crippen molar-refractivity contribution < 1.29 is 9.47 Å². The first-order valence-electron chi connectivity index (χ1n) is 9.65. The lowest BCUT2D eigenvalue weighted by Crippen LogP contribution is -2.40. The van der Waals surface area contributed by atoms with Crippen molar-refractivity contribution in [3.8, 4) is 0 Å². The van der Waals surface area contributed by atoms with Crippen molar-refractivity contribution in [1.82, 2.24) is 19.9 Å². The molecular formula is C21H26N4O2. The quantitative estimate of drug-likeness (QED) is 0.641. The van der Waals surface area contributed by atoms with Gasteiger partial charge in [0.1, 0.15) is 11.0 Å². The highest BCUT2D eigenvalue weighted by atomic mass is 16.5. The van der Waals surface area contributed by atoms with Crippen molar-refractivity contribution in [3.05, 3.63) is 60.2 Å². The summed E-state index contributed by atoms with van der Waals surface area (Å²) >= 11 is 0. The molecule has 2 heterocycles. The zero-order chi connectivity index (χ0) is 18.5. The van der Waals surface area contributed by atoms with Crippen LogP contribution in [0.4, 0.5) is 0 Å². The molecular weight excluding hydrogens is 340 g/mol. The van der Waals surface area contributed by atoms with Crippen molar-refractivity contribution >= 4 is 11.0 Å². The van der Waals surface area contributed by atoms with Crippen LogP contribution >= 0.6 is 0 Å². The smallest absolute Gasteiger partial charge is 0.171 e. The fourth-order valence-electron chi connectivity index (χ4n) is 3.68. The number of fused-ring (bicyclic) bond motifs is 1. The van der Waals surface area contributed by atoms with Gasteiger partial charge in [0, 0.05) is 32.2 Å². The summed E-state index contributed by atoms with van der Waals surface area (Å²) in [6, 6.07) is 18.8. The second-order valence-corrected chi connectivity index (χ2v) is 6.73. The van der Waals surface area contributed by atoms with E-state index in [2.05, 4.69) is 45.4 Å². The maximum absolute atomic E-state index is 6.08. The highest BCUT2D eigenvalue weighted by molar-refractivity contribution is 5.72. The van der Waals surface area contributed by atoms with E-state index in [1.807, 2.05) is 31.2 Å². The Labute approximate surface area is 159 Å². The van der Waals surface area contributed by atoms with E-state index in [1.54, 1.807) is 4.80 Å². The van der Waals surface area contributed by atoms with Crippen LogP contribution in [0.25, 0.3) is 11.0 Å². The van der Waals surface area contributed by atoms with Crippen LogP contribution in [0, 0.1) is 0 Å². The standard InChI is InChI=1S/C21H26N4O2/c1-2-27-21(25-22-18-10-6-7-11-19(18)23-25)16-20(17-8-4-3-5-9-17)24-12-14-26-15-13-24/h3-11,20-21H,2,12-16H2,1H3/t20-,21-/m1/s1. The molecule has 2 atom stereocenters. The van der Waals surface area contributed by atoms with Gasteiger partial charge in [-0.25, -0.2) is 0 Å². The van der Waals surface area contributed by atoms with Gasteiger partial charge in [-0.3, -0.25) is 4.90 Å². The first-order valence-corrected chi connectivity index (χ1v) is 9.65. The van der Waals surface area contributed by atoms with Gasteiger partial charge in [-0.1, -0.05) is 42.5 Å². The fourth-order valence-corrected chi connectivity index (χ4v) is 3.68. The first kappa shape index (κ1) is 18.1. The van der Waals surface area contributed by atoms with Gasteiger partial charge < -0.3 is 9.47 Å². The van der Waals surface area contributed by atoms with Crippen LogP contribution in [-0.2, 0) is 9.47 Å². The number of hydrogen-bond donors (Lipinski definition) is 0. The summed E-state index contributed by atoms with van der Waals surface area (Å²) in [6.07, 6.45) is 0.578. The lowest BCUT2D eigenvalue weighted by atomic mass is 10.0. The third kappa shape index (κ3) is 4.18. The Kier molecular flexibility index (Phi) is 5.77. The molecule has 0 radical (unpaired) electrons. The third-order valence-corrected chi connectivity index (χ3v) is 5.01. The normalized spacial score (nSPS) is 17.8. The number of ether oxygens (including phenoxy) is 2. The molecule has 1 aliphatic rings. The maximum Gasteiger partial charge on any atom is 0.171 e. The molecule has 0 amide bonds. The maximum atomic E-state index is 6.08. The van der Waals surface area contributed by atoms with Gasteiger partial charge in [0.05, 0.1) is 13.2 Å². The van der Waals surface area contributed by atoms with Crippen molar-refractivity contribution in [2.75, 3.05) is 32.9 Å². The van der Waals surface area contributed by atoms with Crippen LogP contribution in [-0.4, -0.2) is 52.8 Å². The van der Waals surface area contributed by atoms with E-state index in [0.29, 0.717) is 6.61 Å². The number of nitrogens with zero attached hydrogens (tertiary/aromatic N) is 4. The minimum absolute atomic E-state index is 0.213. The van der Waals surface area contributed by atoms with E-state index in [1.165, 1.54) is 5.56 Å². The second kappa shape index (κ2) is 8.61. The summed E-state index contributed by atoms with van der Waals surface area (Å²) in [6.45, 7) is 6.02. The molecule has 1 aromatic heterocycles. The molecule has 0 N–H and O–H groups in total. The molecule has 1 fully saturated rings. The SMILES string of the molecule is CCO[C@H](C[C@H](c1ccccc1)N1CCOCC1)n1nc2ccccc2n1. The molecule has 0 aliphatic carbocycles. The Balaban J connectivity index is 1.63. The number of morpholine rings is 1. The Bertz CT molecular complexity index is 813. The topological polar surface area (TPSA) is 52.4 Å². The van der Waals surface area contributed by atoms with E-state index in [9.17, 15) is 0 Å². The fraction of sp³-hybridized carbons (Fsp3) is 0.429. The van der Waals surface area contributed by atoms with E-state index in [4.69, 9.17) is 9.47 Å². The molecule has 1 aliphatic heterocycles. The molecule has 2 aromatic carbocycles. The second-order valence-electron chi connectivity index (χ2n) is 6.73. The van der Waals surface area contributed by atoms with Crippen molar-refractivity contribution in [3.63, 3.8) is 0 Å². The summed E-state index contributed by atoms with van der Waals surface area (Å²) in [5, 5.41) is 9.32. The van der Waals surface area contributed by atoms with Gasteiger partial charge >= 0.3 is 0 Å². The van der Waals surface area contributed by atoms with E-state index >= 15 is 0 Å². The van der Waals surface area contributed by atoms with Crippen LogP contribution in [0.5, 0.6) is 0 Å². The molecule has 27 heavy (non-hydrogen) atoms. The van der Waals surface area contributed by atoms with Gasteiger partial charge in [0.2, 0.25) is 0 Å². The molecule has 142 valence electrons. The lowest BCUT2D eigenvalue weighted by Gasteiger charge is -2.36. The van der Waals surface area contributed by atoms with Gasteiger partial charge in [0.25, 0.3) is 0 Å². The molecule has 4 rings (SSSR count). The largest absolute Gasteiger partial charge is 0.379 e. The van der Waals surface area contributed by atoms with Crippen LogP contribution in [0.2, 0.25) is 0 Å². The molecule has 6 nitrogen and oxygen atoms in total. The highest BCUT2D eigenvalue weighted by Gasteiger charge is 2.28. The summed E-state index contributed by atoms with van der Waals surface area (Å²) in [5.41, 5.74) is 3.08. The minimum atomic E-state index is -0.213. The average Bonchev–Trinajstić information content (AvgIpc) is 3.16. The predicted molar refractivity (Wildman–Crippen MR) is 104 cm³/mol. The molecule has 0 bridgehead atoms. The lowest BCUT2D eigenvalue weighted by molar-refractivity contribution is -0.0475. The Morgan fingerprint density at radius 1 is 0.963 bits per heavy atom. The van der Waals surface area contributed by atoms with Crippen LogP contribution in [0.3, 0.4) is 0 Å². The van der Waals surface area contributed by atoms with Gasteiger partial charge in [-0.15, -0.1) is 0 Å². The summed E-state index contributed by atoms with van der Waals surface area (Å²) < 4.78 is 11.6. The monoisotopic (exact) mass is 366 g/mol.